The molecule has 2 saturated heterocycles. The molecule has 3 aliphatic heterocycles. The molecule has 5 heterocycles. The fraction of sp³-hybridized carbons (Fsp3) is 0.321. The van der Waals surface area contributed by atoms with Crippen LogP contribution in [0, 0.1) is 24.4 Å². The zero-order valence-electron chi connectivity index (χ0n) is 38.1. The number of nitrogens with two attached hydrogens (primary N) is 1. The Morgan fingerprint density at radius 2 is 1.74 bits per heavy atom. The molecule has 2 fully saturated rings. The molecule has 6 aromatic rings. The number of aromatic amines is 1. The van der Waals surface area contributed by atoms with E-state index < -0.39 is 41.2 Å². The second-order valence-corrected chi connectivity index (χ2v) is 18.2. The molecule has 15 heteroatoms. The van der Waals surface area contributed by atoms with E-state index in [1.807, 2.05) is 30.5 Å². The van der Waals surface area contributed by atoms with Crippen LogP contribution < -0.4 is 25.8 Å². The highest BCUT2D eigenvalue weighted by Crippen LogP contribution is 2.43. The van der Waals surface area contributed by atoms with Crippen LogP contribution in [0.4, 0.5) is 30.4 Å². The average Bonchev–Trinajstić information content (AvgIpc) is 3.98. The lowest BCUT2D eigenvalue weighted by Crippen LogP contribution is -2.50. The van der Waals surface area contributed by atoms with E-state index in [1.54, 1.807) is 49.4 Å². The molecule has 0 aliphatic carbocycles. The molecule has 4 N–H and O–H groups in total. The number of primary amides is 1. The van der Waals surface area contributed by atoms with Crippen LogP contribution in [0.1, 0.15) is 94.9 Å². The van der Waals surface area contributed by atoms with Gasteiger partial charge in [0, 0.05) is 95.7 Å². The molecule has 352 valence electrons. The summed E-state index contributed by atoms with van der Waals surface area (Å²) in [7, 11) is 0. The Hall–Kier alpha value is -6.80. The molecular formula is C53H54ClF3N8O3. The number of benzene rings is 4. The number of pyridine rings is 1. The van der Waals surface area contributed by atoms with Gasteiger partial charge in [0.15, 0.2) is 0 Å². The Morgan fingerprint density at radius 3 is 2.49 bits per heavy atom. The number of nitrogens with zero attached hydrogens (tertiary/aromatic N) is 5. The zero-order valence-corrected chi connectivity index (χ0v) is 38.8. The summed E-state index contributed by atoms with van der Waals surface area (Å²) >= 11 is 6.32. The van der Waals surface area contributed by atoms with Crippen molar-refractivity contribution in [1.82, 2.24) is 15.3 Å². The van der Waals surface area contributed by atoms with Crippen LogP contribution in [0.5, 0.6) is 0 Å². The van der Waals surface area contributed by atoms with Gasteiger partial charge in [0.2, 0.25) is 5.91 Å². The van der Waals surface area contributed by atoms with E-state index in [-0.39, 0.29) is 58.3 Å². The number of aromatic nitrogens is 2. The summed E-state index contributed by atoms with van der Waals surface area (Å²) in [6.07, 6.45) is 7.81. The first-order chi connectivity index (χ1) is 33.0. The number of fused-ring (bicyclic) bond motifs is 1. The molecule has 3 atom stereocenters. The van der Waals surface area contributed by atoms with Gasteiger partial charge in [-0.25, -0.2) is 18.2 Å². The number of amides is 2. The smallest absolute Gasteiger partial charge is 0.253 e. The number of carbonyl (C=O) groups is 2. The summed E-state index contributed by atoms with van der Waals surface area (Å²) in [5.74, 6) is -2.79. The normalized spacial score (nSPS) is 17.8. The Balaban J connectivity index is 1.14. The van der Waals surface area contributed by atoms with E-state index in [0.717, 1.165) is 38.2 Å². The molecule has 11 nitrogen and oxygen atoms in total. The lowest BCUT2D eigenvalue weighted by Gasteiger charge is -2.43. The number of hydrogen-bond acceptors (Lipinski definition) is 8. The third kappa shape index (κ3) is 9.51. The van der Waals surface area contributed by atoms with Crippen molar-refractivity contribution in [1.29, 1.82) is 0 Å². The summed E-state index contributed by atoms with van der Waals surface area (Å²) in [5.41, 5.74) is 10.3. The molecule has 0 radical (unpaired) electrons. The highest BCUT2D eigenvalue weighted by atomic mass is 35.5. The van der Waals surface area contributed by atoms with Crippen molar-refractivity contribution in [3.05, 3.63) is 165 Å². The van der Waals surface area contributed by atoms with Gasteiger partial charge in [0.1, 0.15) is 35.6 Å². The number of nitrogens with one attached hydrogen (secondary N) is 2. The van der Waals surface area contributed by atoms with E-state index in [4.69, 9.17) is 27.2 Å². The highest BCUT2D eigenvalue weighted by molar-refractivity contribution is 6.30. The minimum atomic E-state index is -0.907. The Bertz CT molecular complexity index is 2850. The molecule has 2 amide bonds. The molecule has 0 bridgehead atoms. The van der Waals surface area contributed by atoms with Gasteiger partial charge in [-0.2, -0.15) is 0 Å². The van der Waals surface area contributed by atoms with Crippen molar-refractivity contribution < 1.29 is 27.6 Å². The maximum Gasteiger partial charge on any atom is 0.253 e. The first kappa shape index (κ1) is 46.3. The molecule has 9 rings (SSSR count). The van der Waals surface area contributed by atoms with Gasteiger partial charge in [0.05, 0.1) is 23.7 Å². The number of piperidine rings is 2. The molecule has 2 aromatic heterocycles. The largest absolute Gasteiger partial charge is 0.396 e. The van der Waals surface area contributed by atoms with E-state index in [2.05, 4.69) is 36.2 Å². The molecule has 2 unspecified atom stereocenters. The van der Waals surface area contributed by atoms with Crippen LogP contribution >= 0.6 is 11.6 Å². The lowest BCUT2D eigenvalue weighted by atomic mass is 9.83. The Morgan fingerprint density at radius 1 is 0.941 bits per heavy atom. The number of hydrogen-bond donors (Lipinski definition) is 3. The summed E-state index contributed by atoms with van der Waals surface area (Å²) in [6, 6.07) is 24.4. The molecule has 0 saturated carbocycles. The van der Waals surface area contributed by atoms with E-state index >= 15 is 8.78 Å². The highest BCUT2D eigenvalue weighted by Gasteiger charge is 2.39. The summed E-state index contributed by atoms with van der Waals surface area (Å²) < 4.78 is 50.2. The lowest BCUT2D eigenvalue weighted by molar-refractivity contribution is -0.118. The fourth-order valence-corrected chi connectivity index (χ4v) is 10.5. The Kier molecular flexibility index (Phi) is 13.8. The quantitative estimate of drug-likeness (QED) is 0.0732. The van der Waals surface area contributed by atoms with Crippen LogP contribution in [0.15, 0.2) is 109 Å². The number of halogens is 4. The SMILES string of the molecule is CCO/N=C(\c1ccccc1)c1[nH]cc(C(=O)N[C@@H](CC(N)=O)c2cccc(Cl)c2)c1-c1c(F)cc(C2CC(N3CCc4c(N5CCCCC5)ccnc43)CN(c3cccc(F)c3)C2)c(F)c1C. The van der Waals surface area contributed by atoms with Crippen LogP contribution in [-0.2, 0) is 16.1 Å². The van der Waals surface area contributed by atoms with Crippen molar-refractivity contribution >= 4 is 46.3 Å². The number of carbonyl (C=O) groups excluding carboxylic acids is 2. The second-order valence-electron chi connectivity index (χ2n) is 17.8. The summed E-state index contributed by atoms with van der Waals surface area (Å²) in [5, 5.41) is 7.72. The predicted molar refractivity (Wildman–Crippen MR) is 261 cm³/mol. The first-order valence-corrected chi connectivity index (χ1v) is 23.7. The van der Waals surface area contributed by atoms with Crippen molar-refractivity contribution in [2.24, 2.45) is 10.9 Å². The van der Waals surface area contributed by atoms with Crippen molar-refractivity contribution in [3.8, 4) is 11.1 Å². The predicted octanol–water partition coefficient (Wildman–Crippen LogP) is 10.0. The van der Waals surface area contributed by atoms with Crippen molar-refractivity contribution in [3.63, 3.8) is 0 Å². The summed E-state index contributed by atoms with van der Waals surface area (Å²) in [6.45, 7) is 7.01. The fourth-order valence-electron chi connectivity index (χ4n) is 10.3. The Labute approximate surface area is 399 Å². The monoisotopic (exact) mass is 942 g/mol. The van der Waals surface area contributed by atoms with Crippen molar-refractivity contribution in [2.45, 2.75) is 70.4 Å². The van der Waals surface area contributed by atoms with Gasteiger partial charge in [-0.3, -0.25) is 9.59 Å². The van der Waals surface area contributed by atoms with Crippen molar-refractivity contribution in [2.75, 3.05) is 54.0 Å². The van der Waals surface area contributed by atoms with Crippen LogP contribution in [0.2, 0.25) is 5.02 Å². The van der Waals surface area contributed by atoms with Gasteiger partial charge in [-0.05, 0) is 105 Å². The van der Waals surface area contributed by atoms with Gasteiger partial charge >= 0.3 is 0 Å². The minimum absolute atomic E-state index is 0.0268. The topological polar surface area (TPSA) is 132 Å². The number of H-pyrrole nitrogens is 1. The van der Waals surface area contributed by atoms with Gasteiger partial charge in [-0.15, -0.1) is 0 Å². The minimum Gasteiger partial charge on any atom is -0.396 e. The molecule has 68 heavy (non-hydrogen) atoms. The zero-order chi connectivity index (χ0) is 47.5. The first-order valence-electron chi connectivity index (χ1n) is 23.3. The number of rotatable bonds is 14. The maximum absolute atomic E-state index is 17.7. The van der Waals surface area contributed by atoms with Crippen LogP contribution in [-0.4, -0.2) is 72.9 Å². The van der Waals surface area contributed by atoms with Crippen LogP contribution in [0.3, 0.4) is 0 Å². The van der Waals surface area contributed by atoms with Gasteiger partial charge in [-0.1, -0.05) is 65.3 Å². The second kappa shape index (κ2) is 20.2. The van der Waals surface area contributed by atoms with Crippen LogP contribution in [0.25, 0.3) is 11.1 Å². The van der Waals surface area contributed by atoms with E-state index in [0.29, 0.717) is 47.9 Å². The van der Waals surface area contributed by atoms with E-state index in [1.165, 1.54) is 49.0 Å². The van der Waals surface area contributed by atoms with Gasteiger partial charge in [0.25, 0.3) is 5.91 Å². The molecule has 0 spiro atoms. The third-order valence-electron chi connectivity index (χ3n) is 13.4. The third-order valence-corrected chi connectivity index (χ3v) is 13.7. The van der Waals surface area contributed by atoms with Gasteiger partial charge < -0.3 is 35.6 Å². The molecule has 3 aliphatic rings. The summed E-state index contributed by atoms with van der Waals surface area (Å²) in [4.78, 5) is 47.4. The number of anilines is 3. The molecule has 4 aromatic carbocycles. The average molecular weight is 944 g/mol. The molecular weight excluding hydrogens is 889 g/mol. The number of oxime groups is 1. The van der Waals surface area contributed by atoms with E-state index in [9.17, 15) is 14.0 Å². The standard InChI is InChI=1S/C53H54ClF3N8O3/c1-3-68-62-50(33-12-6-4-7-13-33)51-48(42(29-60-51)53(67)61-44(28-46(58)66)34-14-10-15-36(54)24-34)47-32(2)49(57)41(27-43(47)56)35-25-39(31-64(30-35)38-17-11-16-37(55)26-38)65-23-19-40-45(18-20-59-52(40)65)63-21-8-5-9-22-63/h4,6-7,10-18,20,24,26-27,29,35,39,44,60H,3,5,8-9,19,21-23,25,28,30-31H2,1-2H3,(H2,58,66)(H,61,67)/b62-50+/t35?,39?,44-/m0/s1. The maximum atomic E-state index is 17.7.